The first-order valence-corrected chi connectivity index (χ1v) is 6.52. The quantitative estimate of drug-likeness (QED) is 0.769. The maximum absolute atomic E-state index is 11.6. The molecule has 1 aromatic rings. The normalized spacial score (nSPS) is 13.7. The Morgan fingerprint density at radius 1 is 1.26 bits per heavy atom. The Morgan fingerprint density at radius 3 is 2.37 bits per heavy atom. The van der Waals surface area contributed by atoms with Gasteiger partial charge < -0.3 is 14.8 Å². The van der Waals surface area contributed by atoms with Crippen molar-refractivity contribution in [2.24, 2.45) is 0 Å². The molecule has 0 bridgehead atoms. The van der Waals surface area contributed by atoms with Gasteiger partial charge in [0.25, 0.3) is 0 Å². The fourth-order valence-electron chi connectivity index (χ4n) is 1.99. The second-order valence-electron chi connectivity index (χ2n) is 4.74. The fraction of sp³-hybridized carbons (Fsp3) is 0.533. The molecule has 0 spiro atoms. The number of rotatable bonds is 7. The van der Waals surface area contributed by atoms with E-state index in [-0.39, 0.29) is 5.97 Å². The first-order chi connectivity index (χ1) is 9.05. The molecule has 0 aromatic heterocycles. The van der Waals surface area contributed by atoms with Gasteiger partial charge in [-0.2, -0.15) is 0 Å². The lowest BCUT2D eigenvalue weighted by Crippen LogP contribution is -2.42. The van der Waals surface area contributed by atoms with Crippen LogP contribution in [-0.4, -0.2) is 26.7 Å². The molecule has 1 N–H and O–H groups in total. The van der Waals surface area contributed by atoms with Gasteiger partial charge in [-0.15, -0.1) is 0 Å². The van der Waals surface area contributed by atoms with Crippen molar-refractivity contribution in [2.45, 2.75) is 32.2 Å². The van der Waals surface area contributed by atoms with E-state index in [0.717, 1.165) is 24.3 Å². The van der Waals surface area contributed by atoms with Gasteiger partial charge in [-0.3, -0.25) is 4.79 Å². The van der Waals surface area contributed by atoms with E-state index in [4.69, 9.17) is 9.47 Å². The Labute approximate surface area is 115 Å². The zero-order valence-electron chi connectivity index (χ0n) is 12.2. The lowest BCUT2D eigenvalue weighted by molar-refractivity contribution is -0.142. The average Bonchev–Trinajstić information content (AvgIpc) is 2.45. The number of nitrogens with one attached hydrogen (secondary N) is 1. The molecule has 0 radical (unpaired) electrons. The minimum Gasteiger partial charge on any atom is -0.497 e. The molecule has 0 amide bonds. The second-order valence-corrected chi connectivity index (χ2v) is 4.74. The lowest BCUT2D eigenvalue weighted by atomic mass is 9.88. The number of carbonyl (C=O) groups excluding carboxylic acids is 1. The molecular weight excluding hydrogens is 242 g/mol. The number of ether oxygens (including phenoxy) is 2. The SMILES string of the molecule is CCCNC(C)(CC(=O)OC)c1ccc(OC)cc1. The standard InChI is InChI=1S/C15H23NO3/c1-5-10-16-15(2,11-14(17)19-4)12-6-8-13(18-3)9-7-12/h6-9,16H,5,10-11H2,1-4H3. The maximum atomic E-state index is 11.6. The second kappa shape index (κ2) is 7.14. The summed E-state index contributed by atoms with van der Waals surface area (Å²) in [7, 11) is 3.05. The number of hydrogen-bond acceptors (Lipinski definition) is 4. The molecule has 1 atom stereocenters. The summed E-state index contributed by atoms with van der Waals surface area (Å²) in [5, 5.41) is 3.42. The van der Waals surface area contributed by atoms with Crippen LogP contribution in [0.25, 0.3) is 0 Å². The fourth-order valence-corrected chi connectivity index (χ4v) is 1.99. The van der Waals surface area contributed by atoms with Crippen molar-refractivity contribution in [3.8, 4) is 5.75 Å². The molecule has 1 unspecified atom stereocenters. The Kier molecular flexibility index (Phi) is 5.83. The highest BCUT2D eigenvalue weighted by molar-refractivity contribution is 5.71. The Morgan fingerprint density at radius 2 is 1.89 bits per heavy atom. The van der Waals surface area contributed by atoms with E-state index in [2.05, 4.69) is 12.2 Å². The minimum atomic E-state index is -0.421. The van der Waals surface area contributed by atoms with E-state index >= 15 is 0 Å². The average molecular weight is 265 g/mol. The van der Waals surface area contributed by atoms with Gasteiger partial charge in [0.2, 0.25) is 0 Å². The topological polar surface area (TPSA) is 47.6 Å². The first kappa shape index (κ1) is 15.5. The van der Waals surface area contributed by atoms with Crippen molar-refractivity contribution in [3.05, 3.63) is 29.8 Å². The van der Waals surface area contributed by atoms with Crippen molar-refractivity contribution in [1.82, 2.24) is 5.32 Å². The van der Waals surface area contributed by atoms with E-state index in [1.54, 1.807) is 7.11 Å². The molecule has 0 saturated heterocycles. The molecule has 4 heteroatoms. The van der Waals surface area contributed by atoms with Crippen LogP contribution in [0.1, 0.15) is 32.3 Å². The molecule has 19 heavy (non-hydrogen) atoms. The summed E-state index contributed by atoms with van der Waals surface area (Å²) in [6.07, 6.45) is 1.31. The Bertz CT molecular complexity index is 402. The van der Waals surface area contributed by atoms with Crippen molar-refractivity contribution in [2.75, 3.05) is 20.8 Å². The summed E-state index contributed by atoms with van der Waals surface area (Å²) >= 11 is 0. The third-order valence-electron chi connectivity index (χ3n) is 3.22. The number of benzene rings is 1. The lowest BCUT2D eigenvalue weighted by Gasteiger charge is -2.30. The van der Waals surface area contributed by atoms with Crippen LogP contribution < -0.4 is 10.1 Å². The van der Waals surface area contributed by atoms with Crippen LogP contribution in [0.5, 0.6) is 5.75 Å². The molecule has 0 aliphatic rings. The van der Waals surface area contributed by atoms with Crippen molar-refractivity contribution in [3.63, 3.8) is 0 Å². The molecule has 106 valence electrons. The number of carbonyl (C=O) groups is 1. The smallest absolute Gasteiger partial charge is 0.307 e. The molecule has 0 aliphatic carbocycles. The molecule has 0 heterocycles. The molecular formula is C15H23NO3. The predicted molar refractivity (Wildman–Crippen MR) is 75.3 cm³/mol. The Balaban J connectivity index is 2.95. The summed E-state index contributed by atoms with van der Waals surface area (Å²) in [6.45, 7) is 4.96. The summed E-state index contributed by atoms with van der Waals surface area (Å²) < 4.78 is 9.94. The predicted octanol–water partition coefficient (Wildman–Crippen LogP) is 2.47. The van der Waals surface area contributed by atoms with Crippen LogP contribution in [0, 0.1) is 0 Å². The molecule has 0 saturated carbocycles. The summed E-state index contributed by atoms with van der Waals surface area (Å²) in [6, 6.07) is 7.76. The molecule has 0 aliphatic heterocycles. The van der Waals surface area contributed by atoms with Gasteiger partial charge in [0, 0.05) is 0 Å². The zero-order valence-corrected chi connectivity index (χ0v) is 12.2. The van der Waals surface area contributed by atoms with Crippen molar-refractivity contribution < 1.29 is 14.3 Å². The third kappa shape index (κ3) is 4.24. The third-order valence-corrected chi connectivity index (χ3v) is 3.22. The van der Waals surface area contributed by atoms with Gasteiger partial charge in [-0.25, -0.2) is 0 Å². The van der Waals surface area contributed by atoms with Crippen LogP contribution in [0.15, 0.2) is 24.3 Å². The summed E-state index contributed by atoms with van der Waals surface area (Å²) in [4.78, 5) is 11.6. The maximum Gasteiger partial charge on any atom is 0.307 e. The van der Waals surface area contributed by atoms with Gasteiger partial charge in [0.1, 0.15) is 5.75 Å². The van der Waals surface area contributed by atoms with Crippen LogP contribution >= 0.6 is 0 Å². The summed E-state index contributed by atoms with van der Waals surface area (Å²) in [5.74, 6) is 0.585. The van der Waals surface area contributed by atoms with E-state index in [1.807, 2.05) is 31.2 Å². The number of methoxy groups -OCH3 is 2. The molecule has 4 nitrogen and oxygen atoms in total. The first-order valence-electron chi connectivity index (χ1n) is 6.52. The minimum absolute atomic E-state index is 0.220. The van der Waals surface area contributed by atoms with Gasteiger partial charge in [0.05, 0.1) is 26.2 Å². The monoisotopic (exact) mass is 265 g/mol. The highest BCUT2D eigenvalue weighted by Gasteiger charge is 2.29. The van der Waals surface area contributed by atoms with Gasteiger partial charge >= 0.3 is 5.97 Å². The highest BCUT2D eigenvalue weighted by Crippen LogP contribution is 2.27. The van der Waals surface area contributed by atoms with Crippen LogP contribution in [-0.2, 0) is 15.1 Å². The van der Waals surface area contributed by atoms with E-state index in [0.29, 0.717) is 6.42 Å². The number of hydrogen-bond donors (Lipinski definition) is 1. The molecule has 0 fully saturated rings. The van der Waals surface area contributed by atoms with Crippen LogP contribution in [0.4, 0.5) is 0 Å². The molecule has 1 rings (SSSR count). The zero-order chi connectivity index (χ0) is 14.3. The highest BCUT2D eigenvalue weighted by atomic mass is 16.5. The van der Waals surface area contributed by atoms with Gasteiger partial charge in [-0.1, -0.05) is 19.1 Å². The van der Waals surface area contributed by atoms with E-state index in [9.17, 15) is 4.79 Å². The van der Waals surface area contributed by atoms with E-state index < -0.39 is 5.54 Å². The van der Waals surface area contributed by atoms with Crippen LogP contribution in [0.2, 0.25) is 0 Å². The summed E-state index contributed by atoms with van der Waals surface area (Å²) in [5.41, 5.74) is 0.627. The largest absolute Gasteiger partial charge is 0.497 e. The van der Waals surface area contributed by atoms with Gasteiger partial charge in [0.15, 0.2) is 0 Å². The van der Waals surface area contributed by atoms with Crippen molar-refractivity contribution >= 4 is 5.97 Å². The Hall–Kier alpha value is -1.55. The molecule has 1 aromatic carbocycles. The van der Waals surface area contributed by atoms with Gasteiger partial charge in [-0.05, 0) is 37.6 Å². The van der Waals surface area contributed by atoms with Crippen molar-refractivity contribution in [1.29, 1.82) is 0 Å². The van der Waals surface area contributed by atoms with Crippen LogP contribution in [0.3, 0.4) is 0 Å². The van der Waals surface area contributed by atoms with E-state index in [1.165, 1.54) is 7.11 Å². The number of esters is 1.